The maximum Gasteiger partial charge on any atom is 0.261 e. The van der Waals surface area contributed by atoms with Gasteiger partial charge in [0.05, 0.1) is 0 Å². The predicted octanol–water partition coefficient (Wildman–Crippen LogP) is 3.36. The fraction of sp³-hybridized carbons (Fsp3) is 0.917. The van der Waals surface area contributed by atoms with Crippen molar-refractivity contribution in [2.45, 2.75) is 64.7 Å². The molecule has 0 saturated carbocycles. The van der Waals surface area contributed by atoms with E-state index in [2.05, 4.69) is 6.92 Å². The first-order valence-electron chi connectivity index (χ1n) is 6.30. The first-order chi connectivity index (χ1) is 7.66. The molecule has 0 aromatic carbocycles. The molecule has 16 heavy (non-hydrogen) atoms. The molecule has 0 N–H and O–H groups in total. The van der Waals surface area contributed by atoms with Crippen LogP contribution in [0.25, 0.3) is 0 Å². The van der Waals surface area contributed by atoms with Gasteiger partial charge in [-0.25, -0.2) is 0 Å². The Labute approximate surface area is 97.6 Å². The Morgan fingerprint density at radius 1 is 1.00 bits per heavy atom. The van der Waals surface area contributed by atoms with Gasteiger partial charge in [0, 0.05) is 11.3 Å². The van der Waals surface area contributed by atoms with Gasteiger partial charge < -0.3 is 0 Å². The average Bonchev–Trinajstić information content (AvgIpc) is 2.21. The molecular weight excluding hydrogens is 206 g/mol. The van der Waals surface area contributed by atoms with Crippen LogP contribution in [0.3, 0.4) is 0 Å². The largest absolute Gasteiger partial charge is 0.292 e. The molecule has 94 valence electrons. The van der Waals surface area contributed by atoms with Crippen molar-refractivity contribution in [1.29, 1.82) is 0 Å². The predicted molar refractivity (Wildman–Crippen MR) is 64.1 cm³/mol. The molecule has 0 aliphatic rings. The Hall–Kier alpha value is -0.930. The van der Waals surface area contributed by atoms with E-state index in [4.69, 9.17) is 0 Å². The molecule has 4 heteroatoms. The second-order valence-corrected chi connectivity index (χ2v) is 4.25. The zero-order valence-corrected chi connectivity index (χ0v) is 10.2. The van der Waals surface area contributed by atoms with E-state index in [1.54, 1.807) is 0 Å². The molecule has 0 amide bonds. The lowest BCUT2D eigenvalue weighted by atomic mass is 10.1. The first-order valence-corrected chi connectivity index (χ1v) is 6.30. The lowest BCUT2D eigenvalue weighted by Gasteiger charge is -2.00. The van der Waals surface area contributed by atoms with Crippen LogP contribution in [0.2, 0.25) is 0 Å². The summed E-state index contributed by atoms with van der Waals surface area (Å²) < 4.78 is 0. The number of carbonyl (C=O) groups excluding carboxylic acids is 1. The summed E-state index contributed by atoms with van der Waals surface area (Å²) in [5.74, 6) is -0.240. The molecule has 0 aliphatic carbocycles. The summed E-state index contributed by atoms with van der Waals surface area (Å²) in [5.41, 5.74) is 0. The molecule has 0 fully saturated rings. The van der Waals surface area contributed by atoms with E-state index in [0.717, 1.165) is 19.3 Å². The normalized spacial score (nSPS) is 10.3. The summed E-state index contributed by atoms with van der Waals surface area (Å²) in [5, 5.41) is 10.0. The van der Waals surface area contributed by atoms with E-state index in [1.165, 1.54) is 32.1 Å². The molecule has 0 radical (unpaired) electrons. The Balaban J connectivity index is 3.14. The second kappa shape index (κ2) is 10.6. The molecule has 0 rings (SSSR count). The van der Waals surface area contributed by atoms with Crippen LogP contribution in [0.5, 0.6) is 0 Å². The Morgan fingerprint density at radius 2 is 1.50 bits per heavy atom. The van der Waals surface area contributed by atoms with Crippen molar-refractivity contribution in [3.8, 4) is 0 Å². The minimum atomic E-state index is -0.549. The minimum absolute atomic E-state index is 0.240. The smallest absolute Gasteiger partial charge is 0.261 e. The van der Waals surface area contributed by atoms with E-state index < -0.39 is 11.5 Å². The first kappa shape index (κ1) is 15.1. The molecule has 0 spiro atoms. The molecule has 0 unspecified atom stereocenters. The summed E-state index contributed by atoms with van der Waals surface area (Å²) in [6.07, 6.45) is 9.72. The summed E-state index contributed by atoms with van der Waals surface area (Å²) in [6, 6.07) is 0. The van der Waals surface area contributed by atoms with Crippen molar-refractivity contribution in [2.75, 3.05) is 6.54 Å². The zero-order chi connectivity index (χ0) is 12.2. The van der Waals surface area contributed by atoms with Crippen LogP contribution in [0.4, 0.5) is 0 Å². The van der Waals surface area contributed by atoms with Gasteiger partial charge in [-0.1, -0.05) is 51.9 Å². The van der Waals surface area contributed by atoms with Gasteiger partial charge in [-0.2, -0.15) is 0 Å². The number of rotatable bonds is 11. The van der Waals surface area contributed by atoms with Gasteiger partial charge in [0.1, 0.15) is 0 Å². The molecule has 0 saturated heterocycles. The van der Waals surface area contributed by atoms with E-state index in [0.29, 0.717) is 6.42 Å². The Morgan fingerprint density at radius 3 is 2.00 bits per heavy atom. The topological polar surface area (TPSA) is 60.2 Å². The maximum absolute atomic E-state index is 11.0. The third kappa shape index (κ3) is 11.1. The van der Waals surface area contributed by atoms with Crippen LogP contribution in [-0.4, -0.2) is 17.3 Å². The van der Waals surface area contributed by atoms with Gasteiger partial charge >= 0.3 is 0 Å². The number of Topliss-reactive ketones (excluding diaryl/α,β-unsaturated/α-hetero) is 1. The van der Waals surface area contributed by atoms with Gasteiger partial charge in [0.15, 0.2) is 0 Å². The van der Waals surface area contributed by atoms with Crippen molar-refractivity contribution in [3.63, 3.8) is 0 Å². The summed E-state index contributed by atoms with van der Waals surface area (Å²) >= 11 is 0. The monoisotopic (exact) mass is 229 g/mol. The minimum Gasteiger partial charge on any atom is -0.292 e. The average molecular weight is 229 g/mol. The Bertz CT molecular complexity index is 204. The van der Waals surface area contributed by atoms with E-state index in [9.17, 15) is 14.9 Å². The number of ketones is 1. The lowest BCUT2D eigenvalue weighted by molar-refractivity contribution is -0.467. The fourth-order valence-corrected chi connectivity index (χ4v) is 1.68. The van der Waals surface area contributed by atoms with Gasteiger partial charge in [-0.15, -0.1) is 0 Å². The highest BCUT2D eigenvalue weighted by Crippen LogP contribution is 2.09. The van der Waals surface area contributed by atoms with Crippen LogP contribution in [0.1, 0.15) is 64.7 Å². The fourth-order valence-electron chi connectivity index (χ4n) is 1.68. The molecule has 0 aliphatic heterocycles. The molecule has 0 bridgehead atoms. The second-order valence-electron chi connectivity index (χ2n) is 4.25. The number of hydrogen-bond donors (Lipinski definition) is 0. The molecule has 0 atom stereocenters. The third-order valence-electron chi connectivity index (χ3n) is 2.61. The van der Waals surface area contributed by atoms with Crippen molar-refractivity contribution in [2.24, 2.45) is 0 Å². The number of unbranched alkanes of at least 4 members (excludes halogenated alkanes) is 7. The van der Waals surface area contributed by atoms with E-state index in [-0.39, 0.29) is 5.78 Å². The van der Waals surface area contributed by atoms with Crippen molar-refractivity contribution in [1.82, 2.24) is 0 Å². The highest BCUT2D eigenvalue weighted by atomic mass is 16.6. The zero-order valence-electron chi connectivity index (χ0n) is 10.2. The van der Waals surface area contributed by atoms with Crippen LogP contribution in [-0.2, 0) is 4.79 Å². The Kier molecular flexibility index (Phi) is 9.97. The lowest BCUT2D eigenvalue weighted by Crippen LogP contribution is -2.12. The molecule has 0 aromatic heterocycles. The molecule has 4 nitrogen and oxygen atoms in total. The summed E-state index contributed by atoms with van der Waals surface area (Å²) in [7, 11) is 0. The standard InChI is InChI=1S/C12H23NO3/c1-2-3-4-5-6-7-8-9-10-12(14)11-13(15)16/h2-11H2,1H3. The molecular formula is C12H23NO3. The van der Waals surface area contributed by atoms with Crippen LogP contribution in [0, 0.1) is 10.1 Å². The van der Waals surface area contributed by atoms with Gasteiger partial charge in [-0.3, -0.25) is 14.9 Å². The van der Waals surface area contributed by atoms with Gasteiger partial charge in [-0.05, 0) is 6.42 Å². The van der Waals surface area contributed by atoms with Crippen molar-refractivity contribution >= 4 is 5.78 Å². The van der Waals surface area contributed by atoms with Crippen LogP contribution >= 0.6 is 0 Å². The number of nitrogens with zero attached hydrogens (tertiary/aromatic N) is 1. The maximum atomic E-state index is 11.0. The number of nitro groups is 1. The molecule has 0 aromatic rings. The van der Waals surface area contributed by atoms with Crippen LogP contribution < -0.4 is 0 Å². The van der Waals surface area contributed by atoms with Gasteiger partial charge in [0.2, 0.25) is 5.78 Å². The highest BCUT2D eigenvalue weighted by molar-refractivity contribution is 5.79. The quantitative estimate of drug-likeness (QED) is 0.310. The summed E-state index contributed by atoms with van der Waals surface area (Å²) in [6.45, 7) is 1.69. The molecule has 0 heterocycles. The summed E-state index contributed by atoms with van der Waals surface area (Å²) in [4.78, 5) is 20.5. The van der Waals surface area contributed by atoms with Crippen molar-refractivity contribution in [3.05, 3.63) is 10.1 Å². The van der Waals surface area contributed by atoms with Crippen LogP contribution in [0.15, 0.2) is 0 Å². The van der Waals surface area contributed by atoms with E-state index in [1.807, 2.05) is 0 Å². The third-order valence-corrected chi connectivity index (χ3v) is 2.61. The highest BCUT2D eigenvalue weighted by Gasteiger charge is 2.08. The van der Waals surface area contributed by atoms with E-state index >= 15 is 0 Å². The van der Waals surface area contributed by atoms with Crippen molar-refractivity contribution < 1.29 is 9.72 Å². The van der Waals surface area contributed by atoms with Gasteiger partial charge in [0.25, 0.3) is 6.54 Å². The SMILES string of the molecule is CCCCCCCCCCC(=O)C[N+](=O)[O-]. The number of carbonyl (C=O) groups is 1. The number of hydrogen-bond acceptors (Lipinski definition) is 3.